The fourth-order valence-corrected chi connectivity index (χ4v) is 1.99. The van der Waals surface area contributed by atoms with Gasteiger partial charge in [0.1, 0.15) is 0 Å². The fourth-order valence-electron chi connectivity index (χ4n) is 1.60. The summed E-state index contributed by atoms with van der Waals surface area (Å²) >= 11 is 3.43. The van der Waals surface area contributed by atoms with Crippen LogP contribution in [0.15, 0.2) is 46.9 Å². The van der Waals surface area contributed by atoms with Crippen molar-refractivity contribution >= 4 is 27.3 Å². The summed E-state index contributed by atoms with van der Waals surface area (Å²) in [4.78, 5) is 0. The Morgan fingerprint density at radius 2 is 2.00 bits per heavy atom. The van der Waals surface area contributed by atoms with Crippen LogP contribution < -0.4 is 5.32 Å². The lowest BCUT2D eigenvalue weighted by Gasteiger charge is -2.09. The van der Waals surface area contributed by atoms with Crippen LogP contribution in [-0.4, -0.2) is 0 Å². The molecule has 0 aliphatic rings. The van der Waals surface area contributed by atoms with Crippen molar-refractivity contribution in [1.82, 2.24) is 0 Å². The maximum atomic E-state index is 8.80. The molecule has 17 heavy (non-hydrogen) atoms. The Bertz CT molecular complexity index is 585. The van der Waals surface area contributed by atoms with Crippen LogP contribution in [0.25, 0.3) is 0 Å². The molecule has 3 heteroatoms. The highest BCUT2D eigenvalue weighted by molar-refractivity contribution is 9.10. The molecule has 0 aliphatic heterocycles. The van der Waals surface area contributed by atoms with Gasteiger partial charge in [0.2, 0.25) is 0 Å². The average Bonchev–Trinajstić information content (AvgIpc) is 2.32. The van der Waals surface area contributed by atoms with Gasteiger partial charge >= 0.3 is 0 Å². The topological polar surface area (TPSA) is 35.8 Å². The molecule has 2 aromatic carbocycles. The van der Waals surface area contributed by atoms with E-state index in [2.05, 4.69) is 27.3 Å². The zero-order chi connectivity index (χ0) is 12.3. The zero-order valence-electron chi connectivity index (χ0n) is 9.37. The van der Waals surface area contributed by atoms with Gasteiger partial charge in [-0.2, -0.15) is 5.26 Å². The SMILES string of the molecule is Cc1cc(C#N)ccc1Nc1cccc(Br)c1. The van der Waals surface area contributed by atoms with Gasteiger partial charge in [-0.15, -0.1) is 0 Å². The number of halogens is 1. The number of hydrogen-bond acceptors (Lipinski definition) is 2. The summed E-state index contributed by atoms with van der Waals surface area (Å²) < 4.78 is 1.04. The second-order valence-electron chi connectivity index (χ2n) is 3.78. The summed E-state index contributed by atoms with van der Waals surface area (Å²) in [5.41, 5.74) is 3.78. The fraction of sp³-hybridized carbons (Fsp3) is 0.0714. The Morgan fingerprint density at radius 3 is 2.65 bits per heavy atom. The molecule has 0 spiro atoms. The van der Waals surface area contributed by atoms with Gasteiger partial charge in [0.25, 0.3) is 0 Å². The van der Waals surface area contributed by atoms with E-state index < -0.39 is 0 Å². The summed E-state index contributed by atoms with van der Waals surface area (Å²) in [7, 11) is 0. The lowest BCUT2D eigenvalue weighted by atomic mass is 10.1. The summed E-state index contributed by atoms with van der Waals surface area (Å²) in [5, 5.41) is 12.1. The molecule has 0 bridgehead atoms. The van der Waals surface area contributed by atoms with Crippen LogP contribution in [0, 0.1) is 18.3 Å². The number of nitriles is 1. The highest BCUT2D eigenvalue weighted by atomic mass is 79.9. The molecular formula is C14H11BrN2. The number of rotatable bonds is 2. The van der Waals surface area contributed by atoms with E-state index in [0.717, 1.165) is 21.4 Å². The Balaban J connectivity index is 2.28. The van der Waals surface area contributed by atoms with E-state index in [-0.39, 0.29) is 0 Å². The third-order valence-corrected chi connectivity index (χ3v) is 2.95. The quantitative estimate of drug-likeness (QED) is 0.890. The molecule has 0 saturated heterocycles. The standard InChI is InChI=1S/C14H11BrN2/c1-10-7-11(9-16)5-6-14(10)17-13-4-2-3-12(15)8-13/h2-8,17H,1H3. The van der Waals surface area contributed by atoms with Crippen molar-refractivity contribution in [3.63, 3.8) is 0 Å². The first-order valence-electron chi connectivity index (χ1n) is 5.22. The van der Waals surface area contributed by atoms with Crippen LogP contribution >= 0.6 is 15.9 Å². The van der Waals surface area contributed by atoms with E-state index in [1.165, 1.54) is 0 Å². The first kappa shape index (κ1) is 11.7. The molecule has 0 unspecified atom stereocenters. The van der Waals surface area contributed by atoms with Crippen molar-refractivity contribution in [1.29, 1.82) is 5.26 Å². The van der Waals surface area contributed by atoms with Crippen LogP contribution in [0.5, 0.6) is 0 Å². The van der Waals surface area contributed by atoms with Crippen molar-refractivity contribution in [3.8, 4) is 6.07 Å². The molecule has 0 aliphatic carbocycles. The van der Waals surface area contributed by atoms with Gasteiger partial charge in [0, 0.05) is 15.8 Å². The molecule has 2 nitrogen and oxygen atoms in total. The Labute approximate surface area is 109 Å². The van der Waals surface area contributed by atoms with Gasteiger partial charge in [0.15, 0.2) is 0 Å². The summed E-state index contributed by atoms with van der Waals surface area (Å²) in [6.45, 7) is 1.99. The monoisotopic (exact) mass is 286 g/mol. The Hall–Kier alpha value is -1.79. The molecule has 0 atom stereocenters. The lowest BCUT2D eigenvalue weighted by molar-refractivity contribution is 1.40. The molecule has 1 N–H and O–H groups in total. The van der Waals surface area contributed by atoms with Crippen molar-refractivity contribution in [3.05, 3.63) is 58.1 Å². The van der Waals surface area contributed by atoms with Gasteiger partial charge in [0.05, 0.1) is 11.6 Å². The Kier molecular flexibility index (Phi) is 3.46. The van der Waals surface area contributed by atoms with Crippen LogP contribution in [0.1, 0.15) is 11.1 Å². The first-order valence-corrected chi connectivity index (χ1v) is 6.01. The first-order chi connectivity index (χ1) is 8.19. The van der Waals surface area contributed by atoms with Gasteiger partial charge in [-0.1, -0.05) is 22.0 Å². The number of anilines is 2. The molecule has 0 fully saturated rings. The predicted molar refractivity (Wildman–Crippen MR) is 73.3 cm³/mol. The molecule has 84 valence electrons. The van der Waals surface area contributed by atoms with Gasteiger partial charge in [-0.25, -0.2) is 0 Å². The molecule has 0 radical (unpaired) electrons. The van der Waals surface area contributed by atoms with Crippen molar-refractivity contribution < 1.29 is 0 Å². The number of benzene rings is 2. The highest BCUT2D eigenvalue weighted by Gasteiger charge is 2.00. The summed E-state index contributed by atoms with van der Waals surface area (Å²) in [6, 6.07) is 15.7. The molecule has 0 aromatic heterocycles. The smallest absolute Gasteiger partial charge is 0.0991 e. The maximum Gasteiger partial charge on any atom is 0.0991 e. The minimum absolute atomic E-state index is 0.683. The summed E-state index contributed by atoms with van der Waals surface area (Å²) in [6.07, 6.45) is 0. The Morgan fingerprint density at radius 1 is 1.18 bits per heavy atom. The predicted octanol–water partition coefficient (Wildman–Crippen LogP) is 4.37. The molecule has 2 aromatic rings. The lowest BCUT2D eigenvalue weighted by Crippen LogP contribution is -1.93. The van der Waals surface area contributed by atoms with Crippen LogP contribution in [-0.2, 0) is 0 Å². The molecule has 0 heterocycles. The summed E-state index contributed by atoms with van der Waals surface area (Å²) in [5.74, 6) is 0. The van der Waals surface area contributed by atoms with Crippen LogP contribution in [0.2, 0.25) is 0 Å². The van der Waals surface area contributed by atoms with E-state index in [1.54, 1.807) is 0 Å². The van der Waals surface area contributed by atoms with Gasteiger partial charge < -0.3 is 5.32 Å². The van der Waals surface area contributed by atoms with Crippen molar-refractivity contribution in [2.24, 2.45) is 0 Å². The third kappa shape index (κ3) is 2.86. The normalized spacial score (nSPS) is 9.71. The maximum absolute atomic E-state index is 8.80. The minimum Gasteiger partial charge on any atom is -0.355 e. The third-order valence-electron chi connectivity index (χ3n) is 2.46. The second-order valence-corrected chi connectivity index (χ2v) is 4.69. The van der Waals surface area contributed by atoms with E-state index in [4.69, 9.17) is 5.26 Å². The molecule has 0 amide bonds. The van der Waals surface area contributed by atoms with E-state index in [1.807, 2.05) is 49.4 Å². The number of aryl methyl sites for hydroxylation is 1. The van der Waals surface area contributed by atoms with E-state index >= 15 is 0 Å². The number of hydrogen-bond donors (Lipinski definition) is 1. The molecular weight excluding hydrogens is 276 g/mol. The largest absolute Gasteiger partial charge is 0.355 e. The van der Waals surface area contributed by atoms with Gasteiger partial charge in [-0.3, -0.25) is 0 Å². The van der Waals surface area contributed by atoms with Gasteiger partial charge in [-0.05, 0) is 48.9 Å². The zero-order valence-corrected chi connectivity index (χ0v) is 11.0. The number of nitrogens with one attached hydrogen (secondary N) is 1. The van der Waals surface area contributed by atoms with E-state index in [9.17, 15) is 0 Å². The van der Waals surface area contributed by atoms with Crippen LogP contribution in [0.4, 0.5) is 11.4 Å². The second kappa shape index (κ2) is 5.03. The number of nitrogens with zero attached hydrogens (tertiary/aromatic N) is 1. The van der Waals surface area contributed by atoms with Crippen molar-refractivity contribution in [2.75, 3.05) is 5.32 Å². The van der Waals surface area contributed by atoms with Crippen LogP contribution in [0.3, 0.4) is 0 Å². The van der Waals surface area contributed by atoms with E-state index in [0.29, 0.717) is 5.56 Å². The minimum atomic E-state index is 0.683. The van der Waals surface area contributed by atoms with Crippen molar-refractivity contribution in [2.45, 2.75) is 6.92 Å². The molecule has 2 rings (SSSR count). The average molecular weight is 287 g/mol. The highest BCUT2D eigenvalue weighted by Crippen LogP contribution is 2.23. The molecule has 0 saturated carbocycles.